The molecule has 0 unspecified atom stereocenters. The normalized spacial score (nSPS) is 15.7. The standard InChI is InChI=1S/C21H22N2O5/c1-27-21(26)15-10-8-14(9-11-15)19(24)23-18-7-3-2-6-17(18)20(25)22-13-16-5-4-12-28-16/h2-3,6-11,16H,4-5,12-13H2,1H3,(H,22,25)(H,23,24)/t16-/m1/s1. The van der Waals surface area contributed by atoms with E-state index in [2.05, 4.69) is 15.4 Å². The fraction of sp³-hybridized carbons (Fsp3) is 0.286. The maximum absolute atomic E-state index is 12.5. The van der Waals surface area contributed by atoms with E-state index in [4.69, 9.17) is 4.74 Å². The maximum atomic E-state index is 12.5. The number of nitrogens with one attached hydrogen (secondary N) is 2. The minimum atomic E-state index is -0.472. The first-order valence-corrected chi connectivity index (χ1v) is 9.07. The molecular formula is C21H22N2O5. The molecule has 0 bridgehead atoms. The third kappa shape index (κ3) is 4.75. The van der Waals surface area contributed by atoms with Crippen molar-refractivity contribution >= 4 is 23.5 Å². The van der Waals surface area contributed by atoms with Crippen LogP contribution in [0.15, 0.2) is 48.5 Å². The highest BCUT2D eigenvalue weighted by Gasteiger charge is 2.19. The molecule has 1 heterocycles. The number of para-hydroxylation sites is 1. The molecule has 28 heavy (non-hydrogen) atoms. The Hall–Kier alpha value is -3.19. The van der Waals surface area contributed by atoms with E-state index in [-0.39, 0.29) is 17.9 Å². The molecule has 146 valence electrons. The van der Waals surface area contributed by atoms with E-state index in [1.807, 2.05) is 0 Å². The number of rotatable bonds is 6. The van der Waals surface area contributed by atoms with Crippen LogP contribution in [0.5, 0.6) is 0 Å². The zero-order chi connectivity index (χ0) is 19.9. The van der Waals surface area contributed by atoms with Gasteiger partial charge in [0.15, 0.2) is 0 Å². The van der Waals surface area contributed by atoms with Crippen LogP contribution < -0.4 is 10.6 Å². The lowest BCUT2D eigenvalue weighted by Gasteiger charge is -2.14. The van der Waals surface area contributed by atoms with Crippen molar-refractivity contribution in [2.75, 3.05) is 25.6 Å². The number of carbonyl (C=O) groups excluding carboxylic acids is 3. The summed E-state index contributed by atoms with van der Waals surface area (Å²) in [5.41, 5.74) is 1.50. The Kier molecular flexibility index (Phi) is 6.39. The van der Waals surface area contributed by atoms with Gasteiger partial charge in [-0.05, 0) is 49.2 Å². The topological polar surface area (TPSA) is 93.7 Å². The van der Waals surface area contributed by atoms with Gasteiger partial charge < -0.3 is 20.1 Å². The fourth-order valence-corrected chi connectivity index (χ4v) is 2.97. The van der Waals surface area contributed by atoms with Gasteiger partial charge in [0.1, 0.15) is 0 Å². The van der Waals surface area contributed by atoms with Crippen LogP contribution in [-0.2, 0) is 9.47 Å². The lowest BCUT2D eigenvalue weighted by atomic mass is 10.1. The van der Waals surface area contributed by atoms with Crippen LogP contribution in [-0.4, -0.2) is 44.1 Å². The molecule has 1 atom stereocenters. The number of esters is 1. The lowest BCUT2D eigenvalue weighted by Crippen LogP contribution is -2.32. The number of hydrogen-bond acceptors (Lipinski definition) is 5. The van der Waals surface area contributed by atoms with Crippen molar-refractivity contribution in [3.05, 3.63) is 65.2 Å². The van der Waals surface area contributed by atoms with Gasteiger partial charge in [-0.25, -0.2) is 4.79 Å². The molecule has 2 N–H and O–H groups in total. The molecule has 2 amide bonds. The van der Waals surface area contributed by atoms with Crippen molar-refractivity contribution in [2.24, 2.45) is 0 Å². The van der Waals surface area contributed by atoms with Gasteiger partial charge in [-0.2, -0.15) is 0 Å². The third-order valence-electron chi connectivity index (χ3n) is 4.50. The van der Waals surface area contributed by atoms with E-state index in [0.29, 0.717) is 28.9 Å². The molecule has 2 aromatic carbocycles. The SMILES string of the molecule is COC(=O)c1ccc(C(=O)Nc2ccccc2C(=O)NC[C@H]2CCCO2)cc1. The summed E-state index contributed by atoms with van der Waals surface area (Å²) >= 11 is 0. The van der Waals surface area contributed by atoms with Crippen LogP contribution in [0.4, 0.5) is 5.69 Å². The van der Waals surface area contributed by atoms with Crippen LogP contribution in [0.1, 0.15) is 43.9 Å². The van der Waals surface area contributed by atoms with E-state index in [0.717, 1.165) is 19.4 Å². The highest BCUT2D eigenvalue weighted by molar-refractivity contribution is 6.09. The number of methoxy groups -OCH3 is 1. The zero-order valence-corrected chi connectivity index (χ0v) is 15.6. The van der Waals surface area contributed by atoms with Gasteiger partial charge in [-0.1, -0.05) is 12.1 Å². The van der Waals surface area contributed by atoms with E-state index >= 15 is 0 Å². The Balaban J connectivity index is 1.67. The molecular weight excluding hydrogens is 360 g/mol. The first-order valence-electron chi connectivity index (χ1n) is 9.07. The van der Waals surface area contributed by atoms with Crippen molar-refractivity contribution < 1.29 is 23.9 Å². The van der Waals surface area contributed by atoms with Crippen molar-refractivity contribution in [3.8, 4) is 0 Å². The summed E-state index contributed by atoms with van der Waals surface area (Å²) in [6.45, 7) is 1.16. The molecule has 7 nitrogen and oxygen atoms in total. The second kappa shape index (κ2) is 9.14. The average molecular weight is 382 g/mol. The summed E-state index contributed by atoms with van der Waals surface area (Å²) in [7, 11) is 1.30. The second-order valence-electron chi connectivity index (χ2n) is 6.41. The molecule has 1 aliphatic heterocycles. The number of hydrogen-bond donors (Lipinski definition) is 2. The minimum absolute atomic E-state index is 0.0408. The van der Waals surface area contributed by atoms with Gasteiger partial charge >= 0.3 is 5.97 Å². The average Bonchev–Trinajstić information content (AvgIpc) is 3.25. The smallest absolute Gasteiger partial charge is 0.337 e. The first-order chi connectivity index (χ1) is 13.6. The van der Waals surface area contributed by atoms with Gasteiger partial charge in [0.05, 0.1) is 30.0 Å². The Bertz CT molecular complexity index is 857. The van der Waals surface area contributed by atoms with Crippen molar-refractivity contribution in [2.45, 2.75) is 18.9 Å². The predicted molar refractivity (Wildman–Crippen MR) is 103 cm³/mol. The summed E-state index contributed by atoms with van der Waals surface area (Å²) in [6.07, 6.45) is 1.97. The highest BCUT2D eigenvalue weighted by Crippen LogP contribution is 2.17. The zero-order valence-electron chi connectivity index (χ0n) is 15.6. The van der Waals surface area contributed by atoms with Gasteiger partial charge in [0.25, 0.3) is 11.8 Å². The number of anilines is 1. The van der Waals surface area contributed by atoms with E-state index in [1.165, 1.54) is 31.4 Å². The van der Waals surface area contributed by atoms with Crippen LogP contribution in [0.25, 0.3) is 0 Å². The van der Waals surface area contributed by atoms with Crippen molar-refractivity contribution in [1.82, 2.24) is 5.32 Å². The molecule has 0 aliphatic carbocycles. The Morgan fingerprint density at radius 1 is 1.04 bits per heavy atom. The first kappa shape index (κ1) is 19.6. The predicted octanol–water partition coefficient (Wildman–Crippen LogP) is 2.63. The summed E-state index contributed by atoms with van der Waals surface area (Å²) < 4.78 is 10.2. The van der Waals surface area contributed by atoms with Crippen molar-refractivity contribution in [1.29, 1.82) is 0 Å². The molecule has 0 spiro atoms. The van der Waals surface area contributed by atoms with Gasteiger partial charge in [0.2, 0.25) is 0 Å². The molecule has 0 radical (unpaired) electrons. The molecule has 7 heteroatoms. The number of amides is 2. The summed E-state index contributed by atoms with van der Waals surface area (Å²) in [6, 6.07) is 12.9. The lowest BCUT2D eigenvalue weighted by molar-refractivity contribution is 0.0600. The minimum Gasteiger partial charge on any atom is -0.465 e. The quantitative estimate of drug-likeness (QED) is 0.749. The molecule has 0 aromatic heterocycles. The molecule has 1 fully saturated rings. The molecule has 1 saturated heterocycles. The molecule has 2 aromatic rings. The maximum Gasteiger partial charge on any atom is 0.337 e. The fourth-order valence-electron chi connectivity index (χ4n) is 2.97. The van der Waals surface area contributed by atoms with Gasteiger partial charge in [0, 0.05) is 18.7 Å². The van der Waals surface area contributed by atoms with Gasteiger partial charge in [-0.15, -0.1) is 0 Å². The molecule has 1 aliphatic rings. The van der Waals surface area contributed by atoms with Crippen LogP contribution in [0.3, 0.4) is 0 Å². The van der Waals surface area contributed by atoms with E-state index in [1.54, 1.807) is 24.3 Å². The Labute approximate surface area is 163 Å². The summed E-state index contributed by atoms with van der Waals surface area (Å²) in [4.78, 5) is 36.5. The Morgan fingerprint density at radius 3 is 2.43 bits per heavy atom. The highest BCUT2D eigenvalue weighted by atomic mass is 16.5. The monoisotopic (exact) mass is 382 g/mol. The Morgan fingerprint density at radius 2 is 1.75 bits per heavy atom. The van der Waals surface area contributed by atoms with Gasteiger partial charge in [-0.3, -0.25) is 9.59 Å². The third-order valence-corrected chi connectivity index (χ3v) is 4.50. The van der Waals surface area contributed by atoms with Crippen LogP contribution in [0, 0.1) is 0 Å². The second-order valence-corrected chi connectivity index (χ2v) is 6.41. The van der Waals surface area contributed by atoms with Crippen LogP contribution >= 0.6 is 0 Å². The van der Waals surface area contributed by atoms with E-state index < -0.39 is 5.97 Å². The molecule has 0 saturated carbocycles. The van der Waals surface area contributed by atoms with E-state index in [9.17, 15) is 14.4 Å². The largest absolute Gasteiger partial charge is 0.465 e. The van der Waals surface area contributed by atoms with Crippen molar-refractivity contribution in [3.63, 3.8) is 0 Å². The number of carbonyl (C=O) groups is 3. The van der Waals surface area contributed by atoms with Crippen LogP contribution in [0.2, 0.25) is 0 Å². The number of ether oxygens (including phenoxy) is 2. The summed E-state index contributed by atoms with van der Waals surface area (Å²) in [5, 5.41) is 5.61. The number of benzene rings is 2. The molecule has 3 rings (SSSR count). The summed E-state index contributed by atoms with van der Waals surface area (Å²) in [5.74, 6) is -1.12.